The van der Waals surface area contributed by atoms with Crippen LogP contribution in [0.5, 0.6) is 5.75 Å². The SMILES string of the molecule is COCCOc1ccc2nc(C3=CC=CC(NC(=O)CN4CCOCC4)C3)nc(Nc3ccc4c(c3)=CN=4)c2c1. The molecule has 0 radical (unpaired) electrons. The lowest BCUT2D eigenvalue weighted by Gasteiger charge is -2.27. The summed E-state index contributed by atoms with van der Waals surface area (Å²) in [6, 6.07) is 11.7. The molecule has 1 saturated heterocycles. The minimum Gasteiger partial charge on any atom is -0.491 e. The Hall–Kier alpha value is -4.12. The molecule has 1 aliphatic carbocycles. The molecule has 3 aliphatic rings. The third-order valence-electron chi connectivity index (χ3n) is 7.04. The maximum atomic E-state index is 12.7. The summed E-state index contributed by atoms with van der Waals surface area (Å²) in [5.74, 6) is 2.02. The second-order valence-electron chi connectivity index (χ2n) is 9.92. The van der Waals surface area contributed by atoms with Gasteiger partial charge in [-0.3, -0.25) is 14.7 Å². The molecule has 6 rings (SSSR count). The maximum absolute atomic E-state index is 12.7. The molecule has 1 unspecified atom stereocenters. The molecule has 1 fully saturated rings. The van der Waals surface area contributed by atoms with Crippen molar-refractivity contribution >= 4 is 40.1 Å². The number of nitrogens with one attached hydrogen (secondary N) is 2. The van der Waals surface area contributed by atoms with E-state index in [0.717, 1.165) is 51.6 Å². The minimum absolute atomic E-state index is 0.00446. The summed E-state index contributed by atoms with van der Waals surface area (Å²) in [6.07, 6.45) is 8.43. The van der Waals surface area contributed by atoms with Crippen LogP contribution in [0, 0.1) is 0 Å². The molecule has 0 bridgehead atoms. The first-order valence-electron chi connectivity index (χ1n) is 13.5. The van der Waals surface area contributed by atoms with E-state index in [2.05, 4.69) is 26.6 Å². The zero-order valence-corrected chi connectivity index (χ0v) is 22.4. The van der Waals surface area contributed by atoms with Crippen molar-refractivity contribution in [3.8, 4) is 5.75 Å². The first-order chi connectivity index (χ1) is 19.6. The number of amides is 1. The minimum atomic E-state index is -0.131. The summed E-state index contributed by atoms with van der Waals surface area (Å²) in [4.78, 5) is 29.0. The summed E-state index contributed by atoms with van der Waals surface area (Å²) in [7, 11) is 1.65. The first kappa shape index (κ1) is 26.1. The van der Waals surface area contributed by atoms with Gasteiger partial charge in [0.05, 0.1) is 43.3 Å². The number of aromatic nitrogens is 2. The molecule has 40 heavy (non-hydrogen) atoms. The highest BCUT2D eigenvalue weighted by atomic mass is 16.5. The zero-order valence-electron chi connectivity index (χ0n) is 22.4. The average Bonchev–Trinajstić information content (AvgIpc) is 2.95. The van der Waals surface area contributed by atoms with Crippen molar-refractivity contribution in [3.05, 3.63) is 71.0 Å². The molecular formula is C30H32N6O4. The molecule has 10 nitrogen and oxygen atoms in total. The Labute approximate surface area is 232 Å². The van der Waals surface area contributed by atoms with Crippen molar-refractivity contribution in [2.45, 2.75) is 12.5 Å². The highest BCUT2D eigenvalue weighted by molar-refractivity contribution is 5.93. The Balaban J connectivity index is 1.24. The summed E-state index contributed by atoms with van der Waals surface area (Å²) < 4.78 is 16.4. The van der Waals surface area contributed by atoms with E-state index in [0.29, 0.717) is 51.0 Å². The summed E-state index contributed by atoms with van der Waals surface area (Å²) >= 11 is 0. The van der Waals surface area contributed by atoms with Crippen molar-refractivity contribution in [1.82, 2.24) is 20.2 Å². The maximum Gasteiger partial charge on any atom is 0.234 e. The van der Waals surface area contributed by atoms with Crippen LogP contribution in [-0.4, -0.2) is 80.0 Å². The Kier molecular flexibility index (Phi) is 7.80. The Morgan fingerprint density at radius 3 is 2.83 bits per heavy atom. The van der Waals surface area contributed by atoms with Crippen LogP contribution >= 0.6 is 0 Å². The smallest absolute Gasteiger partial charge is 0.234 e. The number of nitrogens with zero attached hydrogens (tertiary/aromatic N) is 4. The van der Waals surface area contributed by atoms with Crippen LogP contribution in [0.4, 0.5) is 11.5 Å². The standard InChI is InChI=1S/C30H32N6O4/c1-38-13-14-40-24-6-8-27-25(17-24)30(33-23-5-7-26-21(16-23)18-31-26)35-29(34-27)20-3-2-4-22(15-20)32-28(37)19-36-9-11-39-12-10-36/h2-8,16-18,22H,9-15,19H2,1H3,(H,32,37)(H,33,34,35). The van der Waals surface area contributed by atoms with E-state index in [4.69, 9.17) is 24.2 Å². The van der Waals surface area contributed by atoms with Gasteiger partial charge < -0.3 is 24.8 Å². The van der Waals surface area contributed by atoms with Gasteiger partial charge in [-0.25, -0.2) is 9.97 Å². The normalized spacial score (nSPS) is 18.1. The second kappa shape index (κ2) is 12.0. The highest BCUT2D eigenvalue weighted by Crippen LogP contribution is 2.30. The average molecular weight is 541 g/mol. The molecule has 2 aliphatic heterocycles. The largest absolute Gasteiger partial charge is 0.491 e. The number of anilines is 2. The lowest BCUT2D eigenvalue weighted by Crippen LogP contribution is -2.45. The molecule has 1 aromatic heterocycles. The third-order valence-corrected chi connectivity index (χ3v) is 7.04. The summed E-state index contributed by atoms with van der Waals surface area (Å²) in [5.41, 5.74) is 2.65. The van der Waals surface area contributed by atoms with Gasteiger partial charge in [-0.15, -0.1) is 0 Å². The molecule has 0 spiro atoms. The molecule has 2 aromatic carbocycles. The molecule has 2 N–H and O–H groups in total. The molecule has 1 atom stereocenters. The monoisotopic (exact) mass is 540 g/mol. The van der Waals surface area contributed by atoms with Crippen LogP contribution in [0.1, 0.15) is 12.2 Å². The van der Waals surface area contributed by atoms with Crippen molar-refractivity contribution in [1.29, 1.82) is 0 Å². The van der Waals surface area contributed by atoms with Gasteiger partial charge in [-0.2, -0.15) is 0 Å². The number of hydrogen-bond donors (Lipinski definition) is 2. The van der Waals surface area contributed by atoms with Gasteiger partial charge in [-0.05, 0) is 48.4 Å². The number of fused-ring (bicyclic) bond motifs is 2. The van der Waals surface area contributed by atoms with Crippen molar-refractivity contribution < 1.29 is 19.0 Å². The lowest BCUT2D eigenvalue weighted by molar-refractivity contribution is -0.123. The van der Waals surface area contributed by atoms with E-state index in [1.54, 1.807) is 7.11 Å². The Morgan fingerprint density at radius 2 is 2.02 bits per heavy atom. The van der Waals surface area contributed by atoms with Crippen LogP contribution in [0.3, 0.4) is 0 Å². The van der Waals surface area contributed by atoms with Gasteiger partial charge in [0.2, 0.25) is 5.91 Å². The van der Waals surface area contributed by atoms with Crippen LogP contribution in [-0.2, 0) is 14.3 Å². The topological polar surface area (TPSA) is 110 Å². The van der Waals surface area contributed by atoms with Gasteiger partial charge in [0, 0.05) is 42.7 Å². The number of methoxy groups -OCH3 is 1. The number of carbonyl (C=O) groups is 1. The molecule has 0 saturated carbocycles. The van der Waals surface area contributed by atoms with E-state index in [1.165, 1.54) is 0 Å². The fourth-order valence-electron chi connectivity index (χ4n) is 4.90. The Morgan fingerprint density at radius 1 is 1.12 bits per heavy atom. The number of morpholine rings is 1. The van der Waals surface area contributed by atoms with E-state index in [-0.39, 0.29) is 11.9 Å². The Bertz CT molecular complexity index is 1600. The van der Waals surface area contributed by atoms with Crippen molar-refractivity contribution in [2.24, 2.45) is 4.99 Å². The number of carbonyl (C=O) groups excluding carboxylic acids is 1. The van der Waals surface area contributed by atoms with Crippen LogP contribution in [0.2, 0.25) is 0 Å². The number of ether oxygens (including phenoxy) is 3. The number of allylic oxidation sites excluding steroid dienone is 2. The van der Waals surface area contributed by atoms with E-state index < -0.39 is 0 Å². The van der Waals surface area contributed by atoms with Crippen LogP contribution in [0.15, 0.2) is 59.6 Å². The van der Waals surface area contributed by atoms with Gasteiger partial charge >= 0.3 is 0 Å². The number of hydrogen-bond acceptors (Lipinski definition) is 9. The van der Waals surface area contributed by atoms with Crippen molar-refractivity contribution in [2.75, 3.05) is 58.5 Å². The summed E-state index contributed by atoms with van der Waals surface area (Å²) in [6.45, 7) is 4.20. The first-order valence-corrected chi connectivity index (χ1v) is 13.5. The summed E-state index contributed by atoms with van der Waals surface area (Å²) in [5, 5.41) is 9.55. The third kappa shape index (κ3) is 6.04. The predicted molar refractivity (Wildman–Crippen MR) is 153 cm³/mol. The van der Waals surface area contributed by atoms with Gasteiger partial charge in [0.25, 0.3) is 0 Å². The van der Waals surface area contributed by atoms with Gasteiger partial charge in [0.1, 0.15) is 18.2 Å². The molecule has 206 valence electrons. The second-order valence-corrected chi connectivity index (χ2v) is 9.92. The number of rotatable bonds is 10. The zero-order chi connectivity index (χ0) is 27.3. The molecule has 1 amide bonds. The van der Waals surface area contributed by atoms with Gasteiger partial charge in [-0.1, -0.05) is 18.2 Å². The van der Waals surface area contributed by atoms with Crippen molar-refractivity contribution in [3.63, 3.8) is 0 Å². The fraction of sp³-hybridized carbons (Fsp3) is 0.333. The van der Waals surface area contributed by atoms with Gasteiger partial charge in [0.15, 0.2) is 5.82 Å². The highest BCUT2D eigenvalue weighted by Gasteiger charge is 2.21. The quantitative estimate of drug-likeness (QED) is 0.376. The van der Waals surface area contributed by atoms with Crippen LogP contribution < -0.4 is 25.9 Å². The fourth-order valence-corrected chi connectivity index (χ4v) is 4.90. The molecule has 10 heteroatoms. The predicted octanol–water partition coefficient (Wildman–Crippen LogP) is 1.93. The van der Waals surface area contributed by atoms with E-state index in [1.807, 2.05) is 54.8 Å². The lowest BCUT2D eigenvalue weighted by atomic mass is 9.99. The molecular weight excluding hydrogens is 508 g/mol. The van der Waals surface area contributed by atoms with E-state index in [9.17, 15) is 4.79 Å². The molecule has 3 aromatic rings. The van der Waals surface area contributed by atoms with Crippen LogP contribution in [0.25, 0.3) is 22.7 Å². The number of benzene rings is 2. The van der Waals surface area contributed by atoms with E-state index >= 15 is 0 Å². The molecule has 3 heterocycles.